The van der Waals surface area contributed by atoms with E-state index in [1.54, 1.807) is 31.4 Å². The standard InChI is InChI=1S/C18H22N2O3/c1-22-17-4-2-3-15(17)16-12-23-10-9-20(16)18(21)14-7-5-13(11-19)6-8-14/h5-8,15-17H,2-4,9-10,12H2,1H3. The molecule has 5 heteroatoms. The fraction of sp³-hybridized carbons (Fsp3) is 0.556. The molecule has 1 saturated heterocycles. The van der Waals surface area contributed by atoms with Gasteiger partial charge in [0.1, 0.15) is 0 Å². The summed E-state index contributed by atoms with van der Waals surface area (Å²) in [6.07, 6.45) is 3.47. The Morgan fingerprint density at radius 3 is 2.83 bits per heavy atom. The lowest BCUT2D eigenvalue weighted by Gasteiger charge is -2.40. The number of benzene rings is 1. The average Bonchev–Trinajstić information content (AvgIpc) is 3.10. The molecule has 3 unspecified atom stereocenters. The van der Waals surface area contributed by atoms with Crippen LogP contribution in [0, 0.1) is 17.2 Å². The zero-order valence-corrected chi connectivity index (χ0v) is 13.4. The van der Waals surface area contributed by atoms with Crippen LogP contribution in [0.15, 0.2) is 24.3 Å². The Labute approximate surface area is 136 Å². The Balaban J connectivity index is 1.80. The number of methoxy groups -OCH3 is 1. The number of amides is 1. The Morgan fingerprint density at radius 2 is 2.13 bits per heavy atom. The second-order valence-corrected chi connectivity index (χ2v) is 6.20. The molecular weight excluding hydrogens is 292 g/mol. The highest BCUT2D eigenvalue weighted by Gasteiger charge is 2.40. The van der Waals surface area contributed by atoms with Crippen molar-refractivity contribution < 1.29 is 14.3 Å². The first-order valence-corrected chi connectivity index (χ1v) is 8.16. The summed E-state index contributed by atoms with van der Waals surface area (Å²) in [7, 11) is 1.75. The minimum Gasteiger partial charge on any atom is -0.381 e. The van der Waals surface area contributed by atoms with Crippen LogP contribution >= 0.6 is 0 Å². The van der Waals surface area contributed by atoms with E-state index >= 15 is 0 Å². The smallest absolute Gasteiger partial charge is 0.254 e. The van der Waals surface area contributed by atoms with E-state index in [1.165, 1.54) is 0 Å². The number of ether oxygens (including phenoxy) is 2. The van der Waals surface area contributed by atoms with Crippen LogP contribution in [0.4, 0.5) is 0 Å². The van der Waals surface area contributed by atoms with E-state index in [4.69, 9.17) is 14.7 Å². The molecule has 3 atom stereocenters. The zero-order chi connectivity index (χ0) is 16.2. The third kappa shape index (κ3) is 3.24. The molecule has 5 nitrogen and oxygen atoms in total. The van der Waals surface area contributed by atoms with Gasteiger partial charge in [0.25, 0.3) is 5.91 Å². The molecule has 23 heavy (non-hydrogen) atoms. The van der Waals surface area contributed by atoms with Gasteiger partial charge in [0.05, 0.1) is 37.0 Å². The van der Waals surface area contributed by atoms with Crippen LogP contribution < -0.4 is 0 Å². The fourth-order valence-electron chi connectivity index (χ4n) is 3.77. The van der Waals surface area contributed by atoms with Gasteiger partial charge >= 0.3 is 0 Å². The molecule has 2 fully saturated rings. The van der Waals surface area contributed by atoms with Gasteiger partial charge in [-0.3, -0.25) is 4.79 Å². The van der Waals surface area contributed by atoms with Gasteiger partial charge in [0, 0.05) is 25.1 Å². The van der Waals surface area contributed by atoms with Crippen molar-refractivity contribution in [3.05, 3.63) is 35.4 Å². The first-order chi connectivity index (χ1) is 11.2. The van der Waals surface area contributed by atoms with Gasteiger partial charge in [0.15, 0.2) is 0 Å². The fourth-order valence-corrected chi connectivity index (χ4v) is 3.77. The molecule has 1 aromatic carbocycles. The van der Waals surface area contributed by atoms with E-state index in [2.05, 4.69) is 6.07 Å². The first kappa shape index (κ1) is 16.0. The quantitative estimate of drug-likeness (QED) is 0.858. The minimum atomic E-state index is 0.0181. The van der Waals surface area contributed by atoms with Crippen LogP contribution in [0.1, 0.15) is 35.2 Å². The average molecular weight is 314 g/mol. The number of carbonyl (C=O) groups excluding carboxylic acids is 1. The van der Waals surface area contributed by atoms with Crippen molar-refractivity contribution in [2.45, 2.75) is 31.4 Å². The number of hydrogen-bond donors (Lipinski definition) is 0. The molecule has 0 bridgehead atoms. The summed E-state index contributed by atoms with van der Waals surface area (Å²) in [5.41, 5.74) is 1.19. The first-order valence-electron chi connectivity index (χ1n) is 8.16. The molecule has 1 saturated carbocycles. The van der Waals surface area contributed by atoms with Crippen molar-refractivity contribution in [3.8, 4) is 6.07 Å². The van der Waals surface area contributed by atoms with Crippen LogP contribution in [0.2, 0.25) is 0 Å². The van der Waals surface area contributed by atoms with Gasteiger partial charge in [-0.2, -0.15) is 5.26 Å². The number of hydrogen-bond acceptors (Lipinski definition) is 4. The number of nitriles is 1. The van der Waals surface area contributed by atoms with Gasteiger partial charge in [0.2, 0.25) is 0 Å². The van der Waals surface area contributed by atoms with Gasteiger partial charge in [-0.15, -0.1) is 0 Å². The summed E-state index contributed by atoms with van der Waals surface area (Å²) in [5.74, 6) is 0.354. The van der Waals surface area contributed by atoms with Crippen molar-refractivity contribution in [3.63, 3.8) is 0 Å². The molecule has 1 amide bonds. The summed E-state index contributed by atoms with van der Waals surface area (Å²) in [6, 6.07) is 8.99. The highest BCUT2D eigenvalue weighted by atomic mass is 16.5. The molecule has 2 aliphatic rings. The van der Waals surface area contributed by atoms with Crippen LogP contribution in [0.3, 0.4) is 0 Å². The largest absolute Gasteiger partial charge is 0.381 e. The summed E-state index contributed by atoms with van der Waals surface area (Å²) < 4.78 is 11.3. The van der Waals surface area contributed by atoms with Crippen molar-refractivity contribution >= 4 is 5.91 Å². The molecule has 0 N–H and O–H groups in total. The van der Waals surface area contributed by atoms with Crippen molar-refractivity contribution in [1.82, 2.24) is 4.90 Å². The Hall–Kier alpha value is -1.90. The van der Waals surface area contributed by atoms with Crippen LogP contribution in [0.25, 0.3) is 0 Å². The second-order valence-electron chi connectivity index (χ2n) is 6.20. The van der Waals surface area contributed by atoms with E-state index in [1.807, 2.05) is 4.90 Å². The van der Waals surface area contributed by atoms with Crippen molar-refractivity contribution in [2.24, 2.45) is 5.92 Å². The summed E-state index contributed by atoms with van der Waals surface area (Å²) in [6.45, 7) is 1.76. The normalized spacial score (nSPS) is 27.7. The van der Waals surface area contributed by atoms with E-state index in [0.717, 1.165) is 19.3 Å². The maximum absolute atomic E-state index is 12.9. The molecule has 1 aliphatic heterocycles. The van der Waals surface area contributed by atoms with Crippen LogP contribution in [-0.4, -0.2) is 49.8 Å². The summed E-state index contributed by atoms with van der Waals surface area (Å²) in [4.78, 5) is 14.8. The van der Waals surface area contributed by atoms with Gasteiger partial charge < -0.3 is 14.4 Å². The van der Waals surface area contributed by atoms with Crippen LogP contribution in [0.5, 0.6) is 0 Å². The predicted octanol–water partition coefficient (Wildman–Crippen LogP) is 2.21. The molecule has 122 valence electrons. The van der Waals surface area contributed by atoms with E-state index in [9.17, 15) is 4.79 Å². The third-order valence-electron chi connectivity index (χ3n) is 4.99. The minimum absolute atomic E-state index is 0.0181. The number of morpholine rings is 1. The van der Waals surface area contributed by atoms with E-state index in [-0.39, 0.29) is 18.1 Å². The number of nitrogens with zero attached hydrogens (tertiary/aromatic N) is 2. The molecule has 1 heterocycles. The highest BCUT2D eigenvalue weighted by Crippen LogP contribution is 2.34. The Bertz CT molecular complexity index is 593. The molecule has 0 aromatic heterocycles. The Kier molecular flexibility index (Phi) is 4.94. The molecule has 3 rings (SSSR count). The predicted molar refractivity (Wildman–Crippen MR) is 84.9 cm³/mol. The maximum atomic E-state index is 12.9. The number of carbonyl (C=O) groups is 1. The third-order valence-corrected chi connectivity index (χ3v) is 4.99. The maximum Gasteiger partial charge on any atom is 0.254 e. The van der Waals surface area contributed by atoms with E-state index < -0.39 is 0 Å². The highest BCUT2D eigenvalue weighted by molar-refractivity contribution is 5.94. The van der Waals surface area contributed by atoms with E-state index in [0.29, 0.717) is 36.8 Å². The topological polar surface area (TPSA) is 62.6 Å². The zero-order valence-electron chi connectivity index (χ0n) is 13.4. The van der Waals surface area contributed by atoms with Crippen molar-refractivity contribution in [1.29, 1.82) is 5.26 Å². The molecule has 1 aliphatic carbocycles. The van der Waals surface area contributed by atoms with Crippen molar-refractivity contribution in [2.75, 3.05) is 26.9 Å². The lowest BCUT2D eigenvalue weighted by molar-refractivity contribution is -0.0460. The molecule has 1 aromatic rings. The summed E-state index contributed by atoms with van der Waals surface area (Å²) in [5, 5.41) is 8.88. The molecule has 0 radical (unpaired) electrons. The molecular formula is C18H22N2O3. The van der Waals surface area contributed by atoms with Gasteiger partial charge in [-0.05, 0) is 37.1 Å². The Morgan fingerprint density at radius 1 is 1.35 bits per heavy atom. The lowest BCUT2D eigenvalue weighted by atomic mass is 9.93. The monoisotopic (exact) mass is 314 g/mol. The van der Waals surface area contributed by atoms with Crippen LogP contribution in [-0.2, 0) is 9.47 Å². The van der Waals surface area contributed by atoms with Gasteiger partial charge in [-0.25, -0.2) is 0 Å². The SMILES string of the molecule is COC1CCCC1C1COCCN1C(=O)c1ccc(C#N)cc1. The second kappa shape index (κ2) is 7.12. The lowest BCUT2D eigenvalue weighted by Crippen LogP contribution is -2.53. The molecule has 0 spiro atoms. The number of rotatable bonds is 3. The summed E-state index contributed by atoms with van der Waals surface area (Å²) >= 11 is 0. The van der Waals surface area contributed by atoms with Gasteiger partial charge in [-0.1, -0.05) is 6.42 Å².